The van der Waals surface area contributed by atoms with E-state index < -0.39 is 0 Å². The van der Waals surface area contributed by atoms with Crippen molar-refractivity contribution in [3.8, 4) is 11.8 Å². The van der Waals surface area contributed by atoms with Gasteiger partial charge < -0.3 is 15.3 Å². The van der Waals surface area contributed by atoms with E-state index in [0.29, 0.717) is 19.6 Å². The van der Waals surface area contributed by atoms with Crippen LogP contribution >= 0.6 is 0 Å². The number of nitrogens with one attached hydrogen (secondary N) is 1. The first kappa shape index (κ1) is 11.4. The highest BCUT2D eigenvalue weighted by Crippen LogP contribution is 1.82. The van der Waals surface area contributed by atoms with Crippen molar-refractivity contribution in [2.24, 2.45) is 0 Å². The summed E-state index contributed by atoms with van der Waals surface area (Å²) in [6.45, 7) is 3.75. The molecule has 0 saturated carbocycles. The molecule has 12 heavy (non-hydrogen) atoms. The van der Waals surface area contributed by atoms with Crippen LogP contribution in [0.2, 0.25) is 0 Å². The lowest BCUT2D eigenvalue weighted by Crippen LogP contribution is -2.35. The number of likely N-dealkylation sites (N-methyl/N-ethyl adjacent to an activating group) is 1. The van der Waals surface area contributed by atoms with Crippen LogP contribution in [-0.2, 0) is 0 Å². The Morgan fingerprint density at radius 1 is 1.50 bits per heavy atom. The SMILES string of the molecule is CC#CCNCC(O)CN(C)C. The minimum Gasteiger partial charge on any atom is -0.390 e. The molecule has 0 bridgehead atoms. The van der Waals surface area contributed by atoms with E-state index in [4.69, 9.17) is 0 Å². The molecule has 1 unspecified atom stereocenters. The van der Waals surface area contributed by atoms with E-state index in [1.165, 1.54) is 0 Å². The smallest absolute Gasteiger partial charge is 0.0791 e. The van der Waals surface area contributed by atoms with Crippen LogP contribution in [0.4, 0.5) is 0 Å². The van der Waals surface area contributed by atoms with Crippen LogP contribution in [0, 0.1) is 11.8 Å². The highest BCUT2D eigenvalue weighted by Gasteiger charge is 2.02. The maximum absolute atomic E-state index is 9.37. The monoisotopic (exact) mass is 170 g/mol. The van der Waals surface area contributed by atoms with E-state index in [-0.39, 0.29) is 6.10 Å². The Hall–Kier alpha value is -0.560. The zero-order chi connectivity index (χ0) is 9.40. The molecule has 1 atom stereocenters. The molecule has 0 heterocycles. The molecule has 0 rings (SSSR count). The van der Waals surface area contributed by atoms with Gasteiger partial charge >= 0.3 is 0 Å². The molecule has 3 nitrogen and oxygen atoms in total. The standard InChI is InChI=1S/C9H18N2O/c1-4-5-6-10-7-9(12)8-11(2)3/h9-10,12H,6-8H2,1-3H3. The lowest BCUT2D eigenvalue weighted by molar-refractivity contribution is 0.136. The summed E-state index contributed by atoms with van der Waals surface area (Å²) in [6.07, 6.45) is -0.307. The zero-order valence-corrected chi connectivity index (χ0v) is 8.09. The Morgan fingerprint density at radius 2 is 2.17 bits per heavy atom. The average Bonchev–Trinajstić information content (AvgIpc) is 1.97. The Morgan fingerprint density at radius 3 is 2.67 bits per heavy atom. The van der Waals surface area contributed by atoms with Crippen molar-refractivity contribution in [2.45, 2.75) is 13.0 Å². The van der Waals surface area contributed by atoms with E-state index in [9.17, 15) is 5.11 Å². The molecule has 3 heteroatoms. The Balaban J connectivity index is 3.29. The molecule has 70 valence electrons. The summed E-state index contributed by atoms with van der Waals surface area (Å²) in [4.78, 5) is 1.96. The van der Waals surface area contributed by atoms with Crippen LogP contribution in [0.5, 0.6) is 0 Å². The van der Waals surface area contributed by atoms with Crippen molar-refractivity contribution in [1.29, 1.82) is 0 Å². The summed E-state index contributed by atoms with van der Waals surface area (Å²) < 4.78 is 0. The highest BCUT2D eigenvalue weighted by atomic mass is 16.3. The second kappa shape index (κ2) is 7.11. The van der Waals surface area contributed by atoms with Gasteiger partial charge in [-0.3, -0.25) is 0 Å². The van der Waals surface area contributed by atoms with Gasteiger partial charge in [-0.15, -0.1) is 5.92 Å². The molecule has 2 N–H and O–H groups in total. The average molecular weight is 170 g/mol. The first-order valence-electron chi connectivity index (χ1n) is 4.10. The fourth-order valence-corrected chi connectivity index (χ4v) is 0.876. The van der Waals surface area contributed by atoms with Crippen molar-refractivity contribution in [3.05, 3.63) is 0 Å². The molecule has 0 aliphatic carbocycles. The van der Waals surface area contributed by atoms with E-state index in [2.05, 4.69) is 17.2 Å². The van der Waals surface area contributed by atoms with Crippen LogP contribution in [-0.4, -0.2) is 49.8 Å². The second-order valence-corrected chi connectivity index (χ2v) is 2.97. The third kappa shape index (κ3) is 7.55. The molecular formula is C9H18N2O. The van der Waals surface area contributed by atoms with Crippen LogP contribution in [0.3, 0.4) is 0 Å². The van der Waals surface area contributed by atoms with Crippen LogP contribution in [0.25, 0.3) is 0 Å². The summed E-state index contributed by atoms with van der Waals surface area (Å²) in [7, 11) is 3.88. The molecule has 0 aliphatic rings. The predicted molar refractivity (Wildman–Crippen MR) is 50.9 cm³/mol. The molecule has 0 aromatic carbocycles. The van der Waals surface area contributed by atoms with E-state index in [1.54, 1.807) is 6.92 Å². The summed E-state index contributed by atoms with van der Waals surface area (Å²) in [5.74, 6) is 5.65. The highest BCUT2D eigenvalue weighted by molar-refractivity contribution is 4.97. The Labute approximate surface area is 74.8 Å². The van der Waals surface area contributed by atoms with Gasteiger partial charge in [-0.25, -0.2) is 0 Å². The zero-order valence-electron chi connectivity index (χ0n) is 8.09. The van der Waals surface area contributed by atoms with Crippen LogP contribution in [0.15, 0.2) is 0 Å². The first-order valence-corrected chi connectivity index (χ1v) is 4.10. The van der Waals surface area contributed by atoms with Gasteiger partial charge in [0.15, 0.2) is 0 Å². The fraction of sp³-hybridized carbons (Fsp3) is 0.778. The predicted octanol–water partition coefficient (Wildman–Crippen LogP) is -0.478. The lowest BCUT2D eigenvalue weighted by Gasteiger charge is -2.15. The summed E-state index contributed by atoms with van der Waals surface area (Å²) in [5.41, 5.74) is 0. The molecule has 0 aromatic rings. The third-order valence-corrected chi connectivity index (χ3v) is 1.35. The van der Waals surface area contributed by atoms with Gasteiger partial charge in [-0.05, 0) is 21.0 Å². The molecule has 0 aromatic heterocycles. The summed E-state index contributed by atoms with van der Waals surface area (Å²) in [5, 5.41) is 12.4. The fourth-order valence-electron chi connectivity index (χ4n) is 0.876. The molecule has 0 aliphatic heterocycles. The normalized spacial score (nSPS) is 12.4. The third-order valence-electron chi connectivity index (χ3n) is 1.35. The number of hydrogen-bond donors (Lipinski definition) is 2. The van der Waals surface area contributed by atoms with E-state index in [0.717, 1.165) is 0 Å². The number of rotatable bonds is 5. The van der Waals surface area contributed by atoms with Gasteiger partial charge in [-0.2, -0.15) is 0 Å². The maximum Gasteiger partial charge on any atom is 0.0791 e. The van der Waals surface area contributed by atoms with Gasteiger partial charge in [-0.1, -0.05) is 5.92 Å². The van der Waals surface area contributed by atoms with Gasteiger partial charge in [0, 0.05) is 13.1 Å². The Bertz CT molecular complexity index is 158. The molecular weight excluding hydrogens is 152 g/mol. The van der Waals surface area contributed by atoms with Crippen molar-refractivity contribution >= 4 is 0 Å². The van der Waals surface area contributed by atoms with Crippen molar-refractivity contribution in [3.63, 3.8) is 0 Å². The molecule has 0 saturated heterocycles. The molecule has 0 amide bonds. The second-order valence-electron chi connectivity index (χ2n) is 2.97. The lowest BCUT2D eigenvalue weighted by atomic mass is 10.3. The van der Waals surface area contributed by atoms with Gasteiger partial charge in [0.1, 0.15) is 0 Å². The first-order chi connectivity index (χ1) is 5.66. The van der Waals surface area contributed by atoms with Crippen molar-refractivity contribution in [1.82, 2.24) is 10.2 Å². The maximum atomic E-state index is 9.37. The number of aliphatic hydroxyl groups is 1. The molecule has 0 fully saturated rings. The number of aliphatic hydroxyl groups excluding tert-OH is 1. The van der Waals surface area contributed by atoms with Crippen LogP contribution < -0.4 is 5.32 Å². The minimum atomic E-state index is -0.307. The number of hydrogen-bond acceptors (Lipinski definition) is 3. The summed E-state index contributed by atoms with van der Waals surface area (Å²) >= 11 is 0. The van der Waals surface area contributed by atoms with E-state index in [1.807, 2.05) is 19.0 Å². The minimum absolute atomic E-state index is 0.307. The van der Waals surface area contributed by atoms with Crippen molar-refractivity contribution < 1.29 is 5.11 Å². The Kier molecular flexibility index (Phi) is 6.78. The van der Waals surface area contributed by atoms with Gasteiger partial charge in [0.2, 0.25) is 0 Å². The summed E-state index contributed by atoms with van der Waals surface area (Å²) in [6, 6.07) is 0. The topological polar surface area (TPSA) is 35.5 Å². The number of nitrogens with zero attached hydrogens (tertiary/aromatic N) is 1. The van der Waals surface area contributed by atoms with E-state index >= 15 is 0 Å². The molecule has 0 spiro atoms. The largest absolute Gasteiger partial charge is 0.390 e. The molecule has 0 radical (unpaired) electrons. The van der Waals surface area contributed by atoms with Crippen molar-refractivity contribution in [2.75, 3.05) is 33.7 Å². The van der Waals surface area contributed by atoms with Gasteiger partial charge in [0.25, 0.3) is 0 Å². The van der Waals surface area contributed by atoms with Gasteiger partial charge in [0.05, 0.1) is 12.6 Å². The quantitative estimate of drug-likeness (QED) is 0.432. The van der Waals surface area contributed by atoms with Crippen LogP contribution in [0.1, 0.15) is 6.92 Å².